The van der Waals surface area contributed by atoms with E-state index in [-0.39, 0.29) is 26.1 Å². The van der Waals surface area contributed by atoms with E-state index < -0.39 is 60.4 Å². The molecule has 0 bridgehead atoms. The molecular formula is C24H30O11. The standard InChI is InChI=1S/C24H30O11/c1-14(25)30-13-20-23(33-16(3)27)24(34-17(4)28)22(32-15(2)26)19(35-20)10-11-21(29)31-12-18-8-6-5-7-9-18/h5-9,19-20,22-24H,10-13H2,1-4H3/t19-,20-,22+,23-,24-/m1/s1. The monoisotopic (exact) mass is 494 g/mol. The van der Waals surface area contributed by atoms with E-state index in [4.69, 9.17) is 28.4 Å². The van der Waals surface area contributed by atoms with Crippen LogP contribution in [0, 0.1) is 0 Å². The molecule has 1 fully saturated rings. The molecule has 192 valence electrons. The molecule has 2 rings (SSSR count). The van der Waals surface area contributed by atoms with Gasteiger partial charge in [0, 0.05) is 34.1 Å². The van der Waals surface area contributed by atoms with Gasteiger partial charge in [-0.15, -0.1) is 0 Å². The Labute approximate surface area is 202 Å². The zero-order valence-corrected chi connectivity index (χ0v) is 20.1. The lowest BCUT2D eigenvalue weighted by atomic mass is 9.92. The van der Waals surface area contributed by atoms with Crippen molar-refractivity contribution < 1.29 is 52.4 Å². The van der Waals surface area contributed by atoms with Gasteiger partial charge in [-0.05, 0) is 12.0 Å². The lowest BCUT2D eigenvalue weighted by Crippen LogP contribution is -2.62. The van der Waals surface area contributed by atoms with Gasteiger partial charge in [0.05, 0.1) is 6.10 Å². The molecule has 11 heteroatoms. The summed E-state index contributed by atoms with van der Waals surface area (Å²) < 4.78 is 32.3. The predicted octanol–water partition coefficient (Wildman–Crippen LogP) is 1.64. The number of carbonyl (C=O) groups excluding carboxylic acids is 5. The third-order valence-corrected chi connectivity index (χ3v) is 4.96. The Morgan fingerprint density at radius 2 is 1.26 bits per heavy atom. The van der Waals surface area contributed by atoms with E-state index in [0.29, 0.717) is 0 Å². The molecule has 0 amide bonds. The topological polar surface area (TPSA) is 141 Å². The van der Waals surface area contributed by atoms with Crippen LogP contribution < -0.4 is 0 Å². The third-order valence-electron chi connectivity index (χ3n) is 4.96. The van der Waals surface area contributed by atoms with E-state index in [1.807, 2.05) is 30.3 Å². The Balaban J connectivity index is 2.21. The first-order valence-electron chi connectivity index (χ1n) is 11.1. The SMILES string of the molecule is CC(=O)OC[C@H]1O[C@H](CCC(=O)OCc2ccccc2)[C@H](OC(C)=O)[C@@H](OC(C)=O)[C@@H]1OC(C)=O. The average molecular weight is 494 g/mol. The van der Waals surface area contributed by atoms with E-state index >= 15 is 0 Å². The van der Waals surface area contributed by atoms with Gasteiger partial charge in [-0.2, -0.15) is 0 Å². The fourth-order valence-electron chi connectivity index (χ4n) is 3.62. The molecule has 1 aliphatic rings. The molecule has 0 saturated carbocycles. The fraction of sp³-hybridized carbons (Fsp3) is 0.542. The summed E-state index contributed by atoms with van der Waals surface area (Å²) in [5.74, 6) is -3.27. The molecule has 0 N–H and O–H groups in total. The number of hydrogen-bond donors (Lipinski definition) is 0. The lowest BCUT2D eigenvalue weighted by Gasteiger charge is -2.44. The summed E-state index contributed by atoms with van der Waals surface area (Å²) in [6, 6.07) is 9.11. The highest BCUT2D eigenvalue weighted by Gasteiger charge is 2.51. The van der Waals surface area contributed by atoms with Crippen LogP contribution in [-0.2, 0) is 59.0 Å². The second-order valence-electron chi connectivity index (χ2n) is 7.92. The third kappa shape index (κ3) is 9.36. The van der Waals surface area contributed by atoms with Gasteiger partial charge < -0.3 is 28.4 Å². The maximum Gasteiger partial charge on any atom is 0.306 e. The zero-order chi connectivity index (χ0) is 26.0. The van der Waals surface area contributed by atoms with Crippen molar-refractivity contribution >= 4 is 29.8 Å². The quantitative estimate of drug-likeness (QED) is 0.346. The first kappa shape index (κ1) is 27.8. The van der Waals surface area contributed by atoms with Gasteiger partial charge in [-0.1, -0.05) is 30.3 Å². The van der Waals surface area contributed by atoms with E-state index in [1.165, 1.54) is 6.92 Å². The Bertz CT molecular complexity index is 898. The Kier molecular flexibility index (Phi) is 10.7. The zero-order valence-electron chi connectivity index (χ0n) is 20.1. The van der Waals surface area contributed by atoms with Crippen LogP contribution in [0.2, 0.25) is 0 Å². The minimum absolute atomic E-state index is 0.0205. The van der Waals surface area contributed by atoms with Crippen LogP contribution in [0.1, 0.15) is 46.1 Å². The van der Waals surface area contributed by atoms with E-state index in [2.05, 4.69) is 0 Å². The van der Waals surface area contributed by atoms with Crippen molar-refractivity contribution in [3.63, 3.8) is 0 Å². The van der Waals surface area contributed by atoms with Crippen LogP contribution in [0.4, 0.5) is 0 Å². The van der Waals surface area contributed by atoms with E-state index in [9.17, 15) is 24.0 Å². The first-order valence-corrected chi connectivity index (χ1v) is 11.1. The molecule has 11 nitrogen and oxygen atoms in total. The molecule has 5 atom stereocenters. The van der Waals surface area contributed by atoms with Crippen molar-refractivity contribution in [2.45, 2.75) is 77.7 Å². The fourth-order valence-corrected chi connectivity index (χ4v) is 3.62. The maximum absolute atomic E-state index is 12.3. The number of ether oxygens (including phenoxy) is 6. The Morgan fingerprint density at radius 3 is 1.80 bits per heavy atom. The number of benzene rings is 1. The van der Waals surface area contributed by atoms with E-state index in [0.717, 1.165) is 26.3 Å². The van der Waals surface area contributed by atoms with Crippen molar-refractivity contribution in [2.24, 2.45) is 0 Å². The van der Waals surface area contributed by atoms with Gasteiger partial charge in [0.15, 0.2) is 18.3 Å². The molecule has 1 aromatic rings. The summed E-state index contributed by atoms with van der Waals surface area (Å²) in [5, 5.41) is 0. The molecule has 0 radical (unpaired) electrons. The molecule has 0 aromatic heterocycles. The highest BCUT2D eigenvalue weighted by Crippen LogP contribution is 2.31. The predicted molar refractivity (Wildman–Crippen MR) is 117 cm³/mol. The van der Waals surface area contributed by atoms with Crippen LogP contribution in [0.15, 0.2) is 30.3 Å². The first-order chi connectivity index (χ1) is 16.6. The minimum atomic E-state index is -1.26. The number of carbonyl (C=O) groups is 5. The van der Waals surface area contributed by atoms with Gasteiger partial charge in [0.25, 0.3) is 0 Å². The number of rotatable bonds is 10. The Morgan fingerprint density at radius 1 is 0.714 bits per heavy atom. The molecular weight excluding hydrogens is 464 g/mol. The summed E-state index contributed by atoms with van der Waals surface area (Å²) in [7, 11) is 0. The van der Waals surface area contributed by atoms with Gasteiger partial charge in [0.2, 0.25) is 0 Å². The highest BCUT2D eigenvalue weighted by atomic mass is 16.7. The normalized spacial score (nSPS) is 23.5. The summed E-state index contributed by atoms with van der Waals surface area (Å²) in [4.78, 5) is 59.1. The van der Waals surface area contributed by atoms with Crippen molar-refractivity contribution in [2.75, 3.05) is 6.61 Å². The summed E-state index contributed by atoms with van der Waals surface area (Å²) in [6.45, 7) is 4.38. The van der Waals surface area contributed by atoms with Gasteiger partial charge in [0.1, 0.15) is 19.3 Å². The van der Waals surface area contributed by atoms with Crippen molar-refractivity contribution in [1.29, 1.82) is 0 Å². The molecule has 35 heavy (non-hydrogen) atoms. The van der Waals surface area contributed by atoms with Gasteiger partial charge in [-0.25, -0.2) is 0 Å². The molecule has 1 aromatic carbocycles. The maximum atomic E-state index is 12.3. The van der Waals surface area contributed by atoms with Crippen LogP contribution in [0.5, 0.6) is 0 Å². The summed E-state index contributed by atoms with van der Waals surface area (Å²) >= 11 is 0. The largest absolute Gasteiger partial charge is 0.463 e. The van der Waals surface area contributed by atoms with Crippen LogP contribution >= 0.6 is 0 Å². The highest BCUT2D eigenvalue weighted by molar-refractivity contribution is 5.70. The average Bonchev–Trinajstić information content (AvgIpc) is 2.78. The van der Waals surface area contributed by atoms with Crippen molar-refractivity contribution in [1.82, 2.24) is 0 Å². The van der Waals surface area contributed by atoms with Crippen LogP contribution in [0.25, 0.3) is 0 Å². The second kappa shape index (κ2) is 13.4. The molecule has 1 heterocycles. The molecule has 1 aliphatic heterocycles. The van der Waals surface area contributed by atoms with Crippen LogP contribution in [-0.4, -0.2) is 67.0 Å². The van der Waals surface area contributed by atoms with Crippen LogP contribution in [0.3, 0.4) is 0 Å². The summed E-state index contributed by atoms with van der Waals surface area (Å²) in [6.07, 6.45) is -5.80. The second-order valence-corrected chi connectivity index (χ2v) is 7.92. The van der Waals surface area contributed by atoms with Gasteiger partial charge in [-0.3, -0.25) is 24.0 Å². The van der Waals surface area contributed by atoms with Crippen molar-refractivity contribution in [3.8, 4) is 0 Å². The minimum Gasteiger partial charge on any atom is -0.463 e. The number of hydrogen-bond acceptors (Lipinski definition) is 11. The lowest BCUT2D eigenvalue weighted by molar-refractivity contribution is -0.253. The molecule has 0 spiro atoms. The number of esters is 5. The summed E-state index contributed by atoms with van der Waals surface area (Å²) in [5.41, 5.74) is 0.813. The molecule has 1 saturated heterocycles. The Hall–Kier alpha value is -3.47. The van der Waals surface area contributed by atoms with Gasteiger partial charge >= 0.3 is 29.8 Å². The smallest absolute Gasteiger partial charge is 0.306 e. The molecule has 0 unspecified atom stereocenters. The van der Waals surface area contributed by atoms with E-state index in [1.54, 1.807) is 0 Å². The van der Waals surface area contributed by atoms with Crippen molar-refractivity contribution in [3.05, 3.63) is 35.9 Å². The molecule has 0 aliphatic carbocycles.